The largest absolute Gasteiger partial charge is 2.00 e. The first kappa shape index (κ1) is 23.8. The predicted octanol–water partition coefficient (Wildman–Crippen LogP) is 6.69. The number of nitrogen functional groups attached to an aromatic ring is 1. The summed E-state index contributed by atoms with van der Waals surface area (Å²) in [5.74, 6) is 0. The molecule has 0 amide bonds. The van der Waals surface area contributed by atoms with E-state index in [0.717, 1.165) is 17.4 Å². The van der Waals surface area contributed by atoms with Crippen LogP contribution in [0.25, 0.3) is 11.1 Å². The van der Waals surface area contributed by atoms with Gasteiger partial charge in [0.05, 0.1) is 0 Å². The Morgan fingerprint density at radius 1 is 0.688 bits per heavy atom. The fourth-order valence-corrected chi connectivity index (χ4v) is 5.86. The summed E-state index contributed by atoms with van der Waals surface area (Å²) in [6.45, 7) is 0. The van der Waals surface area contributed by atoms with E-state index < -0.39 is 7.92 Å². The van der Waals surface area contributed by atoms with Crippen molar-refractivity contribution in [1.29, 1.82) is 0 Å². The van der Waals surface area contributed by atoms with Crippen LogP contribution in [0.15, 0.2) is 133 Å². The quantitative estimate of drug-likeness (QED) is 0.130. The van der Waals surface area contributed by atoms with Crippen molar-refractivity contribution < 1.29 is 17.1 Å². The van der Waals surface area contributed by atoms with Crippen LogP contribution in [0.4, 0.5) is 5.69 Å². The molecule has 0 aliphatic rings. The third kappa shape index (κ3) is 6.31. The fourth-order valence-electron chi connectivity index (χ4n) is 3.57. The van der Waals surface area contributed by atoms with Crippen molar-refractivity contribution in [2.45, 2.75) is 6.16 Å². The van der Waals surface area contributed by atoms with Crippen molar-refractivity contribution in [2.24, 2.45) is 0 Å². The van der Waals surface area contributed by atoms with Gasteiger partial charge in [-0.2, -0.15) is 18.2 Å². The molecule has 32 heavy (non-hydrogen) atoms. The Morgan fingerprint density at radius 2 is 1.25 bits per heavy atom. The number of nitrogens with two attached hydrogens (primary N) is 1. The van der Waals surface area contributed by atoms with Gasteiger partial charge in [0.2, 0.25) is 0 Å². The summed E-state index contributed by atoms with van der Waals surface area (Å²) < 4.78 is 0. The Morgan fingerprint density at radius 3 is 1.78 bits per heavy atom. The minimum absolute atomic E-state index is 0. The Bertz CT molecular complexity index is 1110. The molecule has 0 aromatic heterocycles. The van der Waals surface area contributed by atoms with E-state index in [0.29, 0.717) is 0 Å². The molecular formula is C29H26FeNP. The Labute approximate surface area is 202 Å². The first-order chi connectivity index (χ1) is 15.3. The van der Waals surface area contributed by atoms with E-state index in [2.05, 4.69) is 84.9 Å². The summed E-state index contributed by atoms with van der Waals surface area (Å²) in [6.07, 6.45) is 1.04. The zero-order chi connectivity index (χ0) is 21.3. The molecule has 0 unspecified atom stereocenters. The average Bonchev–Trinajstić information content (AvgIpc) is 3.55. The van der Waals surface area contributed by atoms with Gasteiger partial charge in [-0.3, -0.25) is 0 Å². The van der Waals surface area contributed by atoms with Crippen molar-refractivity contribution in [1.82, 2.24) is 0 Å². The van der Waals surface area contributed by atoms with Gasteiger partial charge in [-0.25, -0.2) is 12.1 Å². The minimum Gasteiger partial charge on any atom is -0.429 e. The van der Waals surface area contributed by atoms with E-state index in [9.17, 15) is 0 Å². The molecular weight excluding hydrogens is 449 g/mol. The van der Waals surface area contributed by atoms with Crippen molar-refractivity contribution in [2.75, 3.05) is 5.73 Å². The summed E-state index contributed by atoms with van der Waals surface area (Å²) in [5.41, 5.74) is 10.7. The average molecular weight is 475 g/mol. The molecule has 0 radical (unpaired) electrons. The van der Waals surface area contributed by atoms with Crippen LogP contribution >= 0.6 is 7.92 Å². The summed E-state index contributed by atoms with van der Waals surface area (Å²) >= 11 is 0. The Balaban J connectivity index is 0.000000427. The van der Waals surface area contributed by atoms with Gasteiger partial charge in [0.15, 0.2) is 0 Å². The maximum atomic E-state index is 6.15. The Kier molecular flexibility index (Phi) is 9.08. The van der Waals surface area contributed by atoms with Crippen LogP contribution in [0, 0.1) is 0 Å². The van der Waals surface area contributed by atoms with Crippen LogP contribution in [0.3, 0.4) is 0 Å². The normalized spacial score (nSPS) is 10.2. The summed E-state index contributed by atoms with van der Waals surface area (Å²) in [4.78, 5) is 0. The molecule has 5 aromatic rings. The summed E-state index contributed by atoms with van der Waals surface area (Å²) in [5, 5.41) is 2.83. The molecule has 0 saturated heterocycles. The third-order valence-electron chi connectivity index (χ3n) is 5.12. The minimum atomic E-state index is -0.422. The Hall–Kier alpha value is -2.89. The summed E-state index contributed by atoms with van der Waals surface area (Å²) in [6, 6.07) is 46.5. The van der Waals surface area contributed by atoms with Crippen LogP contribution in [0.5, 0.6) is 0 Å². The zero-order valence-corrected chi connectivity index (χ0v) is 19.8. The van der Waals surface area contributed by atoms with E-state index in [1.807, 2.05) is 48.5 Å². The SMILES string of the molecule is Nc1ccccc1-[c-]1ccc(CP(c2ccccc2)c2ccccc2)c1.[Fe+2].c1cc[cH-]c1. The monoisotopic (exact) mass is 475 g/mol. The molecule has 0 saturated carbocycles. The van der Waals surface area contributed by atoms with E-state index in [1.54, 1.807) is 0 Å². The molecule has 160 valence electrons. The number of hydrogen-bond donors (Lipinski definition) is 1. The standard InChI is InChI=1S/C24H21NP.C5H5.Fe/c25-24-14-8-7-13-23(24)20-16-15-19(17-20)18-26(21-9-3-1-4-10-21)22-11-5-2-6-12-22;1-2-4-5-3-1;/h1-17H,18,25H2;1-5H;/q2*-1;+2. The molecule has 0 spiro atoms. The van der Waals surface area contributed by atoms with E-state index in [-0.39, 0.29) is 17.1 Å². The first-order valence-corrected chi connectivity index (χ1v) is 12.0. The van der Waals surface area contributed by atoms with Gasteiger partial charge >= 0.3 is 17.1 Å². The van der Waals surface area contributed by atoms with Crippen LogP contribution in [-0.2, 0) is 23.2 Å². The van der Waals surface area contributed by atoms with Crippen molar-refractivity contribution in [3.63, 3.8) is 0 Å². The van der Waals surface area contributed by atoms with Crippen LogP contribution < -0.4 is 16.3 Å². The smallest absolute Gasteiger partial charge is 0.429 e. The molecule has 1 nitrogen and oxygen atoms in total. The van der Waals surface area contributed by atoms with Crippen LogP contribution in [-0.4, -0.2) is 0 Å². The number of hydrogen-bond acceptors (Lipinski definition) is 1. The summed E-state index contributed by atoms with van der Waals surface area (Å²) in [7, 11) is -0.422. The molecule has 0 heterocycles. The van der Waals surface area contributed by atoms with Gasteiger partial charge < -0.3 is 5.73 Å². The van der Waals surface area contributed by atoms with Gasteiger partial charge in [0, 0.05) is 0 Å². The van der Waals surface area contributed by atoms with Gasteiger partial charge in [-0.05, 0) is 30.4 Å². The van der Waals surface area contributed by atoms with Gasteiger partial charge in [0.1, 0.15) is 0 Å². The van der Waals surface area contributed by atoms with Gasteiger partial charge in [0.25, 0.3) is 0 Å². The van der Waals surface area contributed by atoms with E-state index >= 15 is 0 Å². The van der Waals surface area contributed by atoms with Crippen molar-refractivity contribution in [3.8, 4) is 11.1 Å². The number of anilines is 1. The third-order valence-corrected chi connectivity index (χ3v) is 7.65. The molecule has 0 bridgehead atoms. The second kappa shape index (κ2) is 12.2. The maximum Gasteiger partial charge on any atom is 2.00 e. The van der Waals surface area contributed by atoms with Crippen molar-refractivity contribution in [3.05, 3.63) is 139 Å². The van der Waals surface area contributed by atoms with E-state index in [1.165, 1.54) is 21.7 Å². The molecule has 0 fully saturated rings. The second-order valence-electron chi connectivity index (χ2n) is 7.31. The van der Waals surface area contributed by atoms with Crippen molar-refractivity contribution >= 4 is 24.2 Å². The van der Waals surface area contributed by atoms with Gasteiger partial charge in [-0.1, -0.05) is 90.0 Å². The van der Waals surface area contributed by atoms with Crippen LogP contribution in [0.2, 0.25) is 0 Å². The number of para-hydroxylation sites is 1. The molecule has 0 aliphatic heterocycles. The topological polar surface area (TPSA) is 26.0 Å². The molecule has 0 atom stereocenters. The zero-order valence-electron chi connectivity index (χ0n) is 17.8. The number of benzene rings is 3. The molecule has 5 aromatic carbocycles. The number of rotatable bonds is 5. The van der Waals surface area contributed by atoms with E-state index in [4.69, 9.17) is 5.73 Å². The molecule has 3 heteroatoms. The van der Waals surface area contributed by atoms with Crippen LogP contribution in [0.1, 0.15) is 5.56 Å². The van der Waals surface area contributed by atoms with Gasteiger partial charge in [-0.15, -0.1) is 29.8 Å². The predicted molar refractivity (Wildman–Crippen MR) is 137 cm³/mol. The maximum absolute atomic E-state index is 6.15. The molecule has 2 N–H and O–H groups in total. The molecule has 0 aliphatic carbocycles. The second-order valence-corrected chi connectivity index (χ2v) is 9.52. The molecule has 5 rings (SSSR count). The first-order valence-electron chi connectivity index (χ1n) is 10.5. The fraction of sp³-hybridized carbons (Fsp3) is 0.0345.